The molecule has 35 heavy (non-hydrogen) atoms. The third-order valence-electron chi connectivity index (χ3n) is 5.67. The lowest BCUT2D eigenvalue weighted by atomic mass is 10.1. The van der Waals surface area contributed by atoms with Crippen molar-refractivity contribution in [3.05, 3.63) is 47.6 Å². The number of carbonyl (C=O) groups excluding carboxylic acids is 1. The Morgan fingerprint density at radius 3 is 2.51 bits per heavy atom. The molecule has 186 valence electrons. The van der Waals surface area contributed by atoms with Crippen LogP contribution in [0.3, 0.4) is 0 Å². The molecule has 3 heterocycles. The number of piperazine rings is 1. The first-order chi connectivity index (χ1) is 16.8. The van der Waals surface area contributed by atoms with Crippen LogP contribution < -0.4 is 0 Å². The van der Waals surface area contributed by atoms with E-state index < -0.39 is 16.0 Å². The Morgan fingerprint density at radius 2 is 1.86 bits per heavy atom. The van der Waals surface area contributed by atoms with Crippen LogP contribution in [-0.4, -0.2) is 72.1 Å². The normalized spacial score (nSPS) is 16.2. The number of aromatic nitrogens is 2. The highest BCUT2D eigenvalue weighted by Crippen LogP contribution is 2.26. The van der Waals surface area contributed by atoms with E-state index in [1.165, 1.54) is 15.6 Å². The zero-order valence-corrected chi connectivity index (χ0v) is 21.7. The summed E-state index contributed by atoms with van der Waals surface area (Å²) in [6.07, 6.45) is 0. The number of aliphatic imine (C=N–C) groups is 1. The van der Waals surface area contributed by atoms with E-state index in [2.05, 4.69) is 14.9 Å². The smallest absolute Gasteiger partial charge is 0.353 e. The molecule has 2 aromatic heterocycles. The minimum atomic E-state index is -3.45. The molecule has 1 aliphatic heterocycles. The summed E-state index contributed by atoms with van der Waals surface area (Å²) >= 11 is 1.23. The number of nitrogens with zero attached hydrogens (tertiary/aromatic N) is 5. The summed E-state index contributed by atoms with van der Waals surface area (Å²) in [5.41, 5.74) is 1.05. The van der Waals surface area contributed by atoms with Crippen molar-refractivity contribution in [2.75, 3.05) is 32.8 Å². The fraction of sp³-hybridized carbons (Fsp3) is 0.417. The largest absolute Gasteiger partial charge is 0.461 e. The quantitative estimate of drug-likeness (QED) is 0.334. The fourth-order valence-corrected chi connectivity index (χ4v) is 6.42. The number of para-hydroxylation sites is 1. The number of rotatable bonds is 8. The molecule has 1 aliphatic rings. The molecule has 0 aliphatic carbocycles. The second-order valence-electron chi connectivity index (χ2n) is 8.47. The van der Waals surface area contributed by atoms with Crippen molar-refractivity contribution in [3.8, 4) is 0 Å². The predicted octanol–water partition coefficient (Wildman–Crippen LogP) is 3.49. The molecule has 4 rings (SSSR count). The van der Waals surface area contributed by atoms with Gasteiger partial charge in [-0.05, 0) is 30.5 Å². The summed E-state index contributed by atoms with van der Waals surface area (Å²) in [5, 5.41) is 2.53. The molecule has 11 heteroatoms. The summed E-state index contributed by atoms with van der Waals surface area (Å²) in [7, 11) is -3.45. The molecule has 9 nitrogen and oxygen atoms in total. The number of sulfonamides is 1. The predicted molar refractivity (Wildman–Crippen MR) is 136 cm³/mol. The van der Waals surface area contributed by atoms with Gasteiger partial charge in [0.05, 0.1) is 18.7 Å². The molecule has 3 aromatic rings. The van der Waals surface area contributed by atoms with E-state index >= 15 is 0 Å². The van der Waals surface area contributed by atoms with Crippen LogP contribution in [0.2, 0.25) is 0 Å². The Balaban J connectivity index is 1.56. The van der Waals surface area contributed by atoms with Crippen LogP contribution in [0.5, 0.6) is 0 Å². The first-order valence-corrected chi connectivity index (χ1v) is 13.9. The molecular weight excluding hydrogens is 486 g/mol. The number of esters is 1. The number of thiophene rings is 1. The summed E-state index contributed by atoms with van der Waals surface area (Å²) < 4.78 is 32.7. The summed E-state index contributed by atoms with van der Waals surface area (Å²) in [5.74, 6) is 0.421. The van der Waals surface area contributed by atoms with Crippen LogP contribution in [0.25, 0.3) is 10.9 Å². The average molecular weight is 516 g/mol. The molecule has 0 N–H and O–H groups in total. The molecule has 0 bridgehead atoms. The number of hydrogen-bond acceptors (Lipinski definition) is 9. The van der Waals surface area contributed by atoms with Crippen molar-refractivity contribution in [1.82, 2.24) is 19.2 Å². The van der Waals surface area contributed by atoms with E-state index in [9.17, 15) is 13.2 Å². The molecule has 0 spiro atoms. The highest BCUT2D eigenvalue weighted by Gasteiger charge is 2.29. The second-order valence-corrected chi connectivity index (χ2v) is 11.6. The molecule has 0 atom stereocenters. The van der Waals surface area contributed by atoms with Crippen molar-refractivity contribution in [1.29, 1.82) is 0 Å². The Hall–Kier alpha value is -2.73. The Labute approximate surface area is 209 Å². The molecule has 1 aromatic carbocycles. The van der Waals surface area contributed by atoms with Crippen LogP contribution in [0.15, 0.2) is 51.0 Å². The van der Waals surface area contributed by atoms with Crippen molar-refractivity contribution < 1.29 is 17.9 Å². The van der Waals surface area contributed by atoms with Crippen molar-refractivity contribution in [2.24, 2.45) is 10.9 Å². The van der Waals surface area contributed by atoms with E-state index in [0.29, 0.717) is 54.3 Å². The molecule has 0 amide bonds. The number of fused-ring (bicyclic) bond motifs is 1. The van der Waals surface area contributed by atoms with Gasteiger partial charge in [0, 0.05) is 37.5 Å². The second kappa shape index (κ2) is 10.9. The lowest BCUT2D eigenvalue weighted by Gasteiger charge is -2.33. The summed E-state index contributed by atoms with van der Waals surface area (Å²) in [6, 6.07) is 10.9. The van der Waals surface area contributed by atoms with E-state index in [1.807, 2.05) is 38.1 Å². The summed E-state index contributed by atoms with van der Waals surface area (Å²) in [6.45, 7) is 8.22. The lowest BCUT2D eigenvalue weighted by molar-refractivity contribution is -0.135. The average Bonchev–Trinajstić information content (AvgIpc) is 3.39. The maximum atomic E-state index is 12.8. The third-order valence-corrected chi connectivity index (χ3v) is 8.94. The van der Waals surface area contributed by atoms with Crippen molar-refractivity contribution in [2.45, 2.75) is 31.5 Å². The molecular formula is C24H29N5O4S2. The van der Waals surface area contributed by atoms with Crippen molar-refractivity contribution in [3.63, 3.8) is 0 Å². The van der Waals surface area contributed by atoms with Gasteiger partial charge >= 0.3 is 5.97 Å². The number of hydrogen-bond donors (Lipinski definition) is 0. The lowest BCUT2D eigenvalue weighted by Crippen LogP contribution is -2.48. The van der Waals surface area contributed by atoms with Crippen LogP contribution >= 0.6 is 11.3 Å². The van der Waals surface area contributed by atoms with Gasteiger partial charge in [-0.3, -0.25) is 4.90 Å². The van der Waals surface area contributed by atoms with Gasteiger partial charge in [-0.1, -0.05) is 32.0 Å². The zero-order chi connectivity index (χ0) is 25.0. The summed E-state index contributed by atoms with van der Waals surface area (Å²) in [4.78, 5) is 28.6. The number of benzene rings is 1. The van der Waals surface area contributed by atoms with Gasteiger partial charge in [0.2, 0.25) is 0 Å². The highest BCUT2D eigenvalue weighted by atomic mass is 32.2. The van der Waals surface area contributed by atoms with E-state index in [4.69, 9.17) is 9.72 Å². The van der Waals surface area contributed by atoms with Crippen LogP contribution in [0, 0.1) is 5.92 Å². The monoisotopic (exact) mass is 515 g/mol. The van der Waals surface area contributed by atoms with Gasteiger partial charge in [0.1, 0.15) is 15.7 Å². The standard InChI is InChI=1S/C24H29N5O4S2/c1-4-33-24(30)22(17(2)3)27-23-18-8-5-6-9-19(18)25-20(26-23)16-28-11-13-29(14-12-28)35(31,32)21-10-7-15-34-21/h5-10,15,17H,4,11-14,16H2,1-3H3. The van der Waals surface area contributed by atoms with Gasteiger partial charge in [0.15, 0.2) is 5.82 Å². The molecule has 1 fully saturated rings. The number of carbonyl (C=O) groups is 1. The van der Waals surface area contributed by atoms with Crippen molar-refractivity contribution >= 4 is 49.8 Å². The Morgan fingerprint density at radius 1 is 1.11 bits per heavy atom. The van der Waals surface area contributed by atoms with Gasteiger partial charge < -0.3 is 4.74 Å². The van der Waals surface area contributed by atoms with E-state index in [-0.39, 0.29) is 12.5 Å². The first-order valence-electron chi connectivity index (χ1n) is 11.6. The van der Waals surface area contributed by atoms with Crippen LogP contribution in [0.1, 0.15) is 26.6 Å². The Kier molecular flexibility index (Phi) is 7.90. The highest BCUT2D eigenvalue weighted by molar-refractivity contribution is 7.91. The van der Waals surface area contributed by atoms with E-state index in [0.717, 1.165) is 10.9 Å². The SMILES string of the molecule is CCOC(=O)C(=Nc1nc(CN2CCN(S(=O)(=O)c3cccs3)CC2)nc2ccccc12)C(C)C. The minimum absolute atomic E-state index is 0.135. The van der Waals surface area contributed by atoms with Gasteiger partial charge in [-0.2, -0.15) is 4.31 Å². The van der Waals surface area contributed by atoms with Gasteiger partial charge in [-0.15, -0.1) is 11.3 Å². The first kappa shape index (κ1) is 25.4. The number of ether oxygens (including phenoxy) is 1. The maximum Gasteiger partial charge on any atom is 0.353 e. The third kappa shape index (κ3) is 5.75. The van der Waals surface area contributed by atoms with E-state index in [1.54, 1.807) is 24.4 Å². The molecule has 0 radical (unpaired) electrons. The molecule has 0 saturated carbocycles. The zero-order valence-electron chi connectivity index (χ0n) is 20.0. The maximum absolute atomic E-state index is 12.8. The Bertz CT molecular complexity index is 1310. The topological polar surface area (TPSA) is 105 Å². The van der Waals surface area contributed by atoms with Gasteiger partial charge in [-0.25, -0.2) is 28.2 Å². The fourth-order valence-electron chi connectivity index (χ4n) is 3.86. The van der Waals surface area contributed by atoms with Gasteiger partial charge in [0.25, 0.3) is 10.0 Å². The molecule has 0 unspecified atom stereocenters. The minimum Gasteiger partial charge on any atom is -0.461 e. The van der Waals surface area contributed by atoms with Crippen LogP contribution in [-0.2, 0) is 26.1 Å². The van der Waals surface area contributed by atoms with Crippen LogP contribution in [0.4, 0.5) is 5.82 Å². The molecule has 1 saturated heterocycles.